The summed E-state index contributed by atoms with van der Waals surface area (Å²) in [5, 5.41) is 7.81. The lowest BCUT2D eigenvalue weighted by molar-refractivity contribution is 0.279. The molecule has 1 aliphatic carbocycles. The van der Waals surface area contributed by atoms with Gasteiger partial charge in [0.2, 0.25) is 0 Å². The minimum Gasteiger partial charge on any atom is -0.319 e. The highest BCUT2D eigenvalue weighted by Gasteiger charge is 2.34. The minimum atomic E-state index is 0.481. The van der Waals surface area contributed by atoms with Crippen molar-refractivity contribution in [2.75, 3.05) is 13.6 Å². The Morgan fingerprint density at radius 1 is 1.44 bits per heavy atom. The third kappa shape index (κ3) is 2.29. The molecule has 3 heteroatoms. The Labute approximate surface area is 98.2 Å². The van der Waals surface area contributed by atoms with Gasteiger partial charge in [0.1, 0.15) is 0 Å². The number of hydrogen-bond acceptors (Lipinski definition) is 2. The largest absolute Gasteiger partial charge is 0.319 e. The summed E-state index contributed by atoms with van der Waals surface area (Å²) in [5.74, 6) is 0. The van der Waals surface area contributed by atoms with Gasteiger partial charge in [0.05, 0.1) is 5.69 Å². The third-order valence-corrected chi connectivity index (χ3v) is 3.87. The molecule has 0 bridgehead atoms. The molecule has 1 heterocycles. The molecule has 16 heavy (non-hydrogen) atoms. The number of nitrogens with one attached hydrogen (secondary N) is 1. The van der Waals surface area contributed by atoms with Crippen LogP contribution in [0.25, 0.3) is 0 Å². The summed E-state index contributed by atoms with van der Waals surface area (Å²) in [7, 11) is 4.12. The van der Waals surface area contributed by atoms with Crippen molar-refractivity contribution in [3.8, 4) is 0 Å². The first-order valence-corrected chi connectivity index (χ1v) is 6.29. The molecule has 1 saturated carbocycles. The second-order valence-corrected chi connectivity index (χ2v) is 5.31. The van der Waals surface area contributed by atoms with E-state index in [1.807, 2.05) is 4.68 Å². The molecule has 0 radical (unpaired) electrons. The summed E-state index contributed by atoms with van der Waals surface area (Å²) in [6.07, 6.45) is 6.67. The first-order valence-electron chi connectivity index (χ1n) is 6.29. The molecule has 1 aliphatic rings. The van der Waals surface area contributed by atoms with Crippen LogP contribution in [0.2, 0.25) is 0 Å². The molecule has 1 aromatic heterocycles. The van der Waals surface area contributed by atoms with E-state index in [9.17, 15) is 0 Å². The zero-order valence-electron chi connectivity index (χ0n) is 10.7. The molecule has 90 valence electrons. The monoisotopic (exact) mass is 221 g/mol. The summed E-state index contributed by atoms with van der Waals surface area (Å²) in [6, 6.07) is 2.23. The van der Waals surface area contributed by atoms with Crippen molar-refractivity contribution in [1.29, 1.82) is 0 Å². The van der Waals surface area contributed by atoms with Crippen molar-refractivity contribution in [2.45, 2.75) is 39.0 Å². The lowest BCUT2D eigenvalue weighted by atomic mass is 9.81. The molecule has 0 amide bonds. The number of nitrogens with zero attached hydrogens (tertiary/aromatic N) is 2. The average Bonchev–Trinajstić information content (AvgIpc) is 2.77. The van der Waals surface area contributed by atoms with Gasteiger partial charge in [0, 0.05) is 19.3 Å². The molecule has 2 rings (SSSR count). The maximum Gasteiger partial charge on any atom is 0.0596 e. The van der Waals surface area contributed by atoms with Gasteiger partial charge < -0.3 is 5.32 Å². The maximum absolute atomic E-state index is 4.44. The van der Waals surface area contributed by atoms with Crippen LogP contribution in [0.5, 0.6) is 0 Å². The van der Waals surface area contributed by atoms with E-state index in [0.29, 0.717) is 5.41 Å². The number of rotatable bonds is 4. The Kier molecular flexibility index (Phi) is 3.33. The van der Waals surface area contributed by atoms with Crippen LogP contribution in [0.1, 0.15) is 37.1 Å². The van der Waals surface area contributed by atoms with Crippen LogP contribution in [0.4, 0.5) is 0 Å². The minimum absolute atomic E-state index is 0.481. The summed E-state index contributed by atoms with van der Waals surface area (Å²) < 4.78 is 2.05. The van der Waals surface area contributed by atoms with Crippen LogP contribution >= 0.6 is 0 Å². The van der Waals surface area contributed by atoms with Gasteiger partial charge in [-0.2, -0.15) is 5.10 Å². The van der Waals surface area contributed by atoms with E-state index in [1.165, 1.54) is 37.8 Å². The van der Waals surface area contributed by atoms with Gasteiger partial charge in [-0.1, -0.05) is 12.8 Å². The standard InChI is InChI=1S/C13H23N3/c1-11-8-12(16(3)15-11)9-13(10-14-2)6-4-5-7-13/h8,14H,4-7,9-10H2,1-3H3. The number of aromatic nitrogens is 2. The fourth-order valence-electron chi connectivity index (χ4n) is 3.13. The predicted molar refractivity (Wildman–Crippen MR) is 66.5 cm³/mol. The zero-order chi connectivity index (χ0) is 11.6. The van der Waals surface area contributed by atoms with Gasteiger partial charge in [-0.25, -0.2) is 0 Å². The fourth-order valence-corrected chi connectivity index (χ4v) is 3.13. The quantitative estimate of drug-likeness (QED) is 0.843. The molecule has 3 nitrogen and oxygen atoms in total. The van der Waals surface area contributed by atoms with Crippen molar-refractivity contribution in [2.24, 2.45) is 12.5 Å². The van der Waals surface area contributed by atoms with Crippen LogP contribution in [0, 0.1) is 12.3 Å². The van der Waals surface area contributed by atoms with E-state index < -0.39 is 0 Å². The SMILES string of the molecule is CNCC1(Cc2cc(C)nn2C)CCCC1. The lowest BCUT2D eigenvalue weighted by Gasteiger charge is -2.28. The van der Waals surface area contributed by atoms with E-state index in [1.54, 1.807) is 0 Å². The van der Waals surface area contributed by atoms with E-state index in [-0.39, 0.29) is 0 Å². The summed E-state index contributed by atoms with van der Waals surface area (Å²) in [6.45, 7) is 3.21. The van der Waals surface area contributed by atoms with E-state index in [2.05, 4.69) is 37.5 Å². The molecule has 0 atom stereocenters. The normalized spacial score (nSPS) is 19.2. The number of aryl methyl sites for hydroxylation is 2. The number of hydrogen-bond donors (Lipinski definition) is 1. The molecular formula is C13H23N3. The second-order valence-electron chi connectivity index (χ2n) is 5.31. The van der Waals surface area contributed by atoms with Gasteiger partial charge in [0.15, 0.2) is 0 Å². The van der Waals surface area contributed by atoms with Crippen molar-refractivity contribution in [1.82, 2.24) is 15.1 Å². The van der Waals surface area contributed by atoms with Crippen molar-refractivity contribution >= 4 is 0 Å². The van der Waals surface area contributed by atoms with Gasteiger partial charge in [0.25, 0.3) is 0 Å². The lowest BCUT2D eigenvalue weighted by Crippen LogP contribution is -2.32. The average molecular weight is 221 g/mol. The Morgan fingerprint density at radius 3 is 2.62 bits per heavy atom. The van der Waals surface area contributed by atoms with Crippen LogP contribution in [-0.2, 0) is 13.5 Å². The summed E-state index contributed by atoms with van der Waals surface area (Å²) >= 11 is 0. The molecule has 0 aromatic carbocycles. The molecular weight excluding hydrogens is 198 g/mol. The Bertz CT molecular complexity index is 348. The van der Waals surface area contributed by atoms with Gasteiger partial charge >= 0.3 is 0 Å². The van der Waals surface area contributed by atoms with E-state index >= 15 is 0 Å². The van der Waals surface area contributed by atoms with Crippen LogP contribution < -0.4 is 5.32 Å². The van der Waals surface area contributed by atoms with Crippen molar-refractivity contribution in [3.05, 3.63) is 17.5 Å². The molecule has 1 fully saturated rings. The molecule has 0 unspecified atom stereocenters. The first-order chi connectivity index (χ1) is 7.65. The van der Waals surface area contributed by atoms with Gasteiger partial charge in [-0.15, -0.1) is 0 Å². The van der Waals surface area contributed by atoms with Gasteiger partial charge in [-0.05, 0) is 44.7 Å². The van der Waals surface area contributed by atoms with Crippen LogP contribution in [0.3, 0.4) is 0 Å². The van der Waals surface area contributed by atoms with E-state index in [4.69, 9.17) is 0 Å². The Balaban J connectivity index is 2.14. The Hall–Kier alpha value is -0.830. The van der Waals surface area contributed by atoms with Crippen LogP contribution in [-0.4, -0.2) is 23.4 Å². The summed E-state index contributed by atoms with van der Waals surface area (Å²) in [5.41, 5.74) is 3.00. The van der Waals surface area contributed by atoms with Crippen molar-refractivity contribution < 1.29 is 0 Å². The molecule has 0 aliphatic heterocycles. The highest BCUT2D eigenvalue weighted by atomic mass is 15.3. The van der Waals surface area contributed by atoms with Crippen molar-refractivity contribution in [3.63, 3.8) is 0 Å². The highest BCUT2D eigenvalue weighted by molar-refractivity contribution is 5.12. The van der Waals surface area contributed by atoms with Crippen LogP contribution in [0.15, 0.2) is 6.07 Å². The van der Waals surface area contributed by atoms with Gasteiger partial charge in [-0.3, -0.25) is 4.68 Å². The fraction of sp³-hybridized carbons (Fsp3) is 0.769. The summed E-state index contributed by atoms with van der Waals surface area (Å²) in [4.78, 5) is 0. The zero-order valence-corrected chi connectivity index (χ0v) is 10.7. The molecule has 0 saturated heterocycles. The maximum atomic E-state index is 4.44. The molecule has 1 aromatic rings. The van der Waals surface area contributed by atoms with E-state index in [0.717, 1.165) is 12.2 Å². The topological polar surface area (TPSA) is 29.9 Å². The Morgan fingerprint density at radius 2 is 2.12 bits per heavy atom. The molecule has 1 N–H and O–H groups in total. The second kappa shape index (κ2) is 4.58. The predicted octanol–water partition coefficient (Wildman–Crippen LogP) is 2.05. The first kappa shape index (κ1) is 11.6. The third-order valence-electron chi connectivity index (χ3n) is 3.87. The highest BCUT2D eigenvalue weighted by Crippen LogP contribution is 2.40. The smallest absolute Gasteiger partial charge is 0.0596 e. The molecule has 0 spiro atoms.